The third-order valence-electron chi connectivity index (χ3n) is 5.90. The summed E-state index contributed by atoms with van der Waals surface area (Å²) in [7, 11) is 1.61. The molecule has 3 heterocycles. The van der Waals surface area contributed by atoms with Crippen molar-refractivity contribution in [2.45, 2.75) is 24.3 Å². The van der Waals surface area contributed by atoms with Gasteiger partial charge in [-0.1, -0.05) is 30.0 Å². The molecule has 5 rings (SSSR count). The second-order valence-electron chi connectivity index (χ2n) is 8.06. The minimum atomic E-state index is -0.227. The van der Waals surface area contributed by atoms with Gasteiger partial charge in [0.25, 0.3) is 0 Å². The molecule has 0 bridgehead atoms. The molecule has 9 heteroatoms. The number of hydrogen-bond acceptors (Lipinski definition) is 8. The first-order valence-electron chi connectivity index (χ1n) is 11.2. The van der Waals surface area contributed by atoms with Crippen molar-refractivity contribution in [2.75, 3.05) is 18.2 Å². The van der Waals surface area contributed by atoms with Crippen LogP contribution in [0, 0.1) is 22.7 Å². The van der Waals surface area contributed by atoms with Crippen molar-refractivity contribution in [2.24, 2.45) is 0 Å². The first-order valence-corrected chi connectivity index (χ1v) is 13.9. The van der Waals surface area contributed by atoms with Gasteiger partial charge in [-0.05, 0) is 60.0 Å². The summed E-state index contributed by atoms with van der Waals surface area (Å²) < 4.78 is 5.27. The summed E-state index contributed by atoms with van der Waals surface area (Å²) in [6.07, 6.45) is 2.90. The lowest BCUT2D eigenvalue weighted by Crippen LogP contribution is -2.14. The SMILES string of the molecule is COc1ccc(-c2cc(-c3cccs3)nc(SCC(=O)Nc3sc4c(c3C#N)CCC4)c2C#N)cc1. The molecular weight excluding hydrogens is 509 g/mol. The number of anilines is 1. The lowest BCUT2D eigenvalue weighted by Gasteiger charge is -2.12. The van der Waals surface area contributed by atoms with Crippen LogP contribution >= 0.6 is 34.4 Å². The van der Waals surface area contributed by atoms with Crippen LogP contribution < -0.4 is 10.1 Å². The van der Waals surface area contributed by atoms with Crippen molar-refractivity contribution in [1.29, 1.82) is 10.5 Å². The zero-order valence-electron chi connectivity index (χ0n) is 19.3. The minimum Gasteiger partial charge on any atom is -0.497 e. The molecule has 0 fully saturated rings. The molecule has 0 saturated heterocycles. The van der Waals surface area contributed by atoms with E-state index in [1.54, 1.807) is 18.4 Å². The van der Waals surface area contributed by atoms with Crippen LogP contribution in [0.25, 0.3) is 21.7 Å². The predicted molar refractivity (Wildman–Crippen MR) is 145 cm³/mol. The Labute approximate surface area is 221 Å². The maximum Gasteiger partial charge on any atom is 0.235 e. The number of rotatable bonds is 7. The molecule has 178 valence electrons. The Bertz CT molecular complexity index is 1510. The van der Waals surface area contributed by atoms with Gasteiger partial charge in [-0.2, -0.15) is 10.5 Å². The number of hydrogen-bond donors (Lipinski definition) is 1. The Morgan fingerprint density at radius 2 is 1.97 bits per heavy atom. The van der Waals surface area contributed by atoms with Crippen molar-refractivity contribution >= 4 is 45.3 Å². The molecule has 0 saturated carbocycles. The number of methoxy groups -OCH3 is 1. The highest BCUT2D eigenvalue weighted by Gasteiger charge is 2.23. The Morgan fingerprint density at radius 1 is 1.17 bits per heavy atom. The van der Waals surface area contributed by atoms with Crippen LogP contribution in [0.4, 0.5) is 5.00 Å². The number of aryl methyl sites for hydroxylation is 1. The number of nitriles is 2. The van der Waals surface area contributed by atoms with Crippen LogP contribution in [-0.4, -0.2) is 23.8 Å². The maximum atomic E-state index is 12.9. The molecular formula is C27H20N4O2S3. The van der Waals surface area contributed by atoms with E-state index in [1.165, 1.54) is 28.0 Å². The van der Waals surface area contributed by atoms with E-state index in [9.17, 15) is 15.3 Å². The van der Waals surface area contributed by atoms with Gasteiger partial charge in [0.15, 0.2) is 0 Å². The summed E-state index contributed by atoms with van der Waals surface area (Å²) in [5, 5.41) is 25.7. The number of thiophene rings is 2. The molecule has 4 aromatic rings. The molecule has 1 aromatic carbocycles. The number of carbonyl (C=O) groups is 1. The molecule has 0 aliphatic heterocycles. The number of ether oxygens (including phenoxy) is 1. The van der Waals surface area contributed by atoms with Crippen LogP contribution in [0.3, 0.4) is 0 Å². The highest BCUT2D eigenvalue weighted by molar-refractivity contribution is 8.00. The van der Waals surface area contributed by atoms with Crippen molar-refractivity contribution < 1.29 is 9.53 Å². The molecule has 1 N–H and O–H groups in total. The normalized spacial score (nSPS) is 12.0. The Kier molecular flexibility index (Phi) is 7.06. The second kappa shape index (κ2) is 10.5. The van der Waals surface area contributed by atoms with E-state index in [1.807, 2.05) is 47.8 Å². The van der Waals surface area contributed by atoms with Gasteiger partial charge in [-0.15, -0.1) is 22.7 Å². The number of fused-ring (bicyclic) bond motifs is 1. The Morgan fingerprint density at radius 3 is 2.67 bits per heavy atom. The van der Waals surface area contributed by atoms with Gasteiger partial charge in [-0.25, -0.2) is 4.98 Å². The van der Waals surface area contributed by atoms with Crippen molar-refractivity contribution in [1.82, 2.24) is 4.98 Å². The minimum absolute atomic E-state index is 0.0745. The number of nitrogens with zero attached hydrogens (tertiary/aromatic N) is 3. The first kappa shape index (κ1) is 24.1. The van der Waals surface area contributed by atoms with Crippen LogP contribution in [0.5, 0.6) is 5.75 Å². The van der Waals surface area contributed by atoms with E-state index in [4.69, 9.17) is 9.72 Å². The molecule has 0 spiro atoms. The van der Waals surface area contributed by atoms with Gasteiger partial charge in [0.05, 0.1) is 34.6 Å². The first-order chi connectivity index (χ1) is 17.6. The zero-order valence-corrected chi connectivity index (χ0v) is 21.8. The topological polar surface area (TPSA) is 98.8 Å². The van der Waals surface area contributed by atoms with Gasteiger partial charge in [-0.3, -0.25) is 4.79 Å². The molecule has 36 heavy (non-hydrogen) atoms. The largest absolute Gasteiger partial charge is 0.497 e. The maximum absolute atomic E-state index is 12.9. The molecule has 6 nitrogen and oxygen atoms in total. The number of aromatic nitrogens is 1. The highest BCUT2D eigenvalue weighted by atomic mass is 32.2. The monoisotopic (exact) mass is 528 g/mol. The van der Waals surface area contributed by atoms with E-state index >= 15 is 0 Å². The van der Waals surface area contributed by atoms with Gasteiger partial charge >= 0.3 is 0 Å². The van der Waals surface area contributed by atoms with Crippen molar-refractivity contribution in [3.8, 4) is 39.6 Å². The van der Waals surface area contributed by atoms with E-state index in [-0.39, 0.29) is 11.7 Å². The van der Waals surface area contributed by atoms with Gasteiger partial charge in [0, 0.05) is 10.4 Å². The summed E-state index contributed by atoms with van der Waals surface area (Å²) >= 11 is 4.29. The summed E-state index contributed by atoms with van der Waals surface area (Å²) in [6, 6.07) is 17.9. The lowest BCUT2D eigenvalue weighted by molar-refractivity contribution is -0.113. The number of benzene rings is 1. The molecule has 1 aliphatic carbocycles. The molecule has 1 amide bonds. The van der Waals surface area contributed by atoms with Crippen LogP contribution in [0.1, 0.15) is 28.0 Å². The molecule has 0 unspecified atom stereocenters. The predicted octanol–water partition coefficient (Wildman–Crippen LogP) is 6.51. The van der Waals surface area contributed by atoms with E-state index in [2.05, 4.69) is 17.5 Å². The third-order valence-corrected chi connectivity index (χ3v) is 8.97. The van der Waals surface area contributed by atoms with Crippen LogP contribution in [0.15, 0.2) is 52.9 Å². The highest BCUT2D eigenvalue weighted by Crippen LogP contribution is 2.39. The van der Waals surface area contributed by atoms with E-state index < -0.39 is 0 Å². The molecule has 1 aliphatic rings. The Hall–Kier alpha value is -3.63. The van der Waals surface area contributed by atoms with Gasteiger partial charge < -0.3 is 10.1 Å². The fraction of sp³-hybridized carbons (Fsp3) is 0.185. The van der Waals surface area contributed by atoms with Crippen LogP contribution in [0.2, 0.25) is 0 Å². The van der Waals surface area contributed by atoms with Gasteiger partial charge in [0.2, 0.25) is 5.91 Å². The van der Waals surface area contributed by atoms with Crippen LogP contribution in [-0.2, 0) is 17.6 Å². The number of thioether (sulfide) groups is 1. The Balaban J connectivity index is 1.44. The number of nitrogens with one attached hydrogen (secondary N) is 1. The molecule has 0 atom stereocenters. The fourth-order valence-corrected chi connectivity index (χ4v) is 6.94. The third kappa shape index (κ3) is 4.74. The molecule has 0 radical (unpaired) electrons. The average molecular weight is 529 g/mol. The standard InChI is InChI=1S/C27H20N4O2S3/c1-33-17-9-7-16(8-10-17)19-12-22(24-6-3-11-34-24)30-26(21(19)14-29)35-15-25(32)31-27-20(13-28)18-4-2-5-23(18)36-27/h3,6-12H,2,4-5,15H2,1H3,(H,31,32). The average Bonchev–Trinajstić information content (AvgIpc) is 3.65. The summed E-state index contributed by atoms with van der Waals surface area (Å²) in [4.78, 5) is 19.8. The van der Waals surface area contributed by atoms with Crippen molar-refractivity contribution in [3.05, 3.63) is 69.4 Å². The smallest absolute Gasteiger partial charge is 0.235 e. The van der Waals surface area contributed by atoms with E-state index in [0.29, 0.717) is 21.2 Å². The quantitative estimate of drug-likeness (QED) is 0.275. The fourth-order valence-electron chi connectivity index (χ4n) is 4.19. The van der Waals surface area contributed by atoms with Gasteiger partial charge in [0.1, 0.15) is 27.9 Å². The lowest BCUT2D eigenvalue weighted by atomic mass is 10.0. The molecule has 3 aromatic heterocycles. The zero-order chi connectivity index (χ0) is 25.1. The number of pyridine rings is 1. The number of amides is 1. The summed E-state index contributed by atoms with van der Waals surface area (Å²) in [6.45, 7) is 0. The second-order valence-corrected chi connectivity index (χ2v) is 11.1. The summed E-state index contributed by atoms with van der Waals surface area (Å²) in [5.74, 6) is 0.576. The van der Waals surface area contributed by atoms with E-state index in [0.717, 1.165) is 52.3 Å². The van der Waals surface area contributed by atoms with Crippen molar-refractivity contribution in [3.63, 3.8) is 0 Å². The number of carbonyl (C=O) groups excluding carboxylic acids is 1. The summed E-state index contributed by atoms with van der Waals surface area (Å²) in [5.41, 5.74) is 4.45.